The highest BCUT2D eigenvalue weighted by atomic mass is 32.1. The van der Waals surface area contributed by atoms with Crippen LogP contribution in [0.5, 0.6) is 5.75 Å². The molecule has 9 heteroatoms. The average molecular weight is 499 g/mol. The van der Waals surface area contributed by atoms with Crippen molar-refractivity contribution in [1.82, 2.24) is 15.2 Å². The third-order valence-corrected chi connectivity index (χ3v) is 7.63. The van der Waals surface area contributed by atoms with E-state index in [-0.39, 0.29) is 48.4 Å². The lowest BCUT2D eigenvalue weighted by Gasteiger charge is -2.40. The van der Waals surface area contributed by atoms with Crippen molar-refractivity contribution in [2.45, 2.75) is 88.8 Å². The minimum absolute atomic E-state index is 0.0129. The van der Waals surface area contributed by atoms with Gasteiger partial charge in [0, 0.05) is 36.5 Å². The van der Waals surface area contributed by atoms with Crippen molar-refractivity contribution in [3.8, 4) is 5.75 Å². The molecule has 1 aromatic heterocycles. The Labute approximate surface area is 210 Å². The molecule has 0 bridgehead atoms. The summed E-state index contributed by atoms with van der Waals surface area (Å²) in [6, 6.07) is 5.79. The van der Waals surface area contributed by atoms with Crippen LogP contribution in [0.4, 0.5) is 5.13 Å². The molecule has 8 nitrogen and oxygen atoms in total. The maximum absolute atomic E-state index is 13.7. The van der Waals surface area contributed by atoms with Gasteiger partial charge in [-0.1, -0.05) is 44.2 Å². The van der Waals surface area contributed by atoms with Gasteiger partial charge in [0.2, 0.25) is 17.7 Å². The van der Waals surface area contributed by atoms with Crippen LogP contribution in [-0.4, -0.2) is 44.8 Å². The summed E-state index contributed by atoms with van der Waals surface area (Å²) in [6.45, 7) is 0. The van der Waals surface area contributed by atoms with Gasteiger partial charge in [0.05, 0.1) is 0 Å². The van der Waals surface area contributed by atoms with Gasteiger partial charge < -0.3 is 20.6 Å². The predicted molar refractivity (Wildman–Crippen MR) is 135 cm³/mol. The zero-order valence-electron chi connectivity index (χ0n) is 19.9. The van der Waals surface area contributed by atoms with Crippen LogP contribution in [0.3, 0.4) is 0 Å². The van der Waals surface area contributed by atoms with E-state index in [0.717, 1.165) is 57.8 Å². The lowest BCUT2D eigenvalue weighted by molar-refractivity contribution is -0.145. The molecule has 2 saturated carbocycles. The fraction of sp³-hybridized carbons (Fsp3) is 0.538. The van der Waals surface area contributed by atoms with E-state index in [0.29, 0.717) is 10.7 Å². The quantitative estimate of drug-likeness (QED) is 0.470. The summed E-state index contributed by atoms with van der Waals surface area (Å²) >= 11 is 1.32. The molecule has 1 aromatic carbocycles. The van der Waals surface area contributed by atoms with E-state index in [2.05, 4.69) is 15.6 Å². The molecule has 0 aliphatic heterocycles. The first-order valence-corrected chi connectivity index (χ1v) is 13.5. The molecule has 2 aliphatic carbocycles. The van der Waals surface area contributed by atoms with Crippen LogP contribution in [0.25, 0.3) is 0 Å². The molecule has 0 spiro atoms. The second kappa shape index (κ2) is 12.2. The summed E-state index contributed by atoms with van der Waals surface area (Å²) in [5.74, 6) is -0.550. The molecule has 0 saturated heterocycles. The number of nitrogens with one attached hydrogen (secondary N) is 2. The molecule has 0 radical (unpaired) electrons. The largest absolute Gasteiger partial charge is 0.508 e. The number of rotatable bonds is 9. The average Bonchev–Trinajstić information content (AvgIpc) is 3.57. The van der Waals surface area contributed by atoms with Crippen molar-refractivity contribution < 1.29 is 19.5 Å². The number of carbonyl (C=O) groups is 3. The number of amides is 3. The highest BCUT2D eigenvalue weighted by Crippen LogP contribution is 2.33. The first-order valence-electron chi connectivity index (χ1n) is 12.6. The van der Waals surface area contributed by atoms with E-state index >= 15 is 0 Å². The number of carbonyl (C=O) groups excluding carboxylic acids is 3. The molecule has 3 amide bonds. The highest BCUT2D eigenvalue weighted by molar-refractivity contribution is 7.13. The molecule has 35 heavy (non-hydrogen) atoms. The predicted octanol–water partition coefficient (Wildman–Crippen LogP) is 4.53. The minimum atomic E-state index is -0.797. The number of phenols is 1. The Balaban J connectivity index is 1.56. The molecule has 2 aromatic rings. The van der Waals surface area contributed by atoms with Crippen LogP contribution in [0, 0.1) is 0 Å². The van der Waals surface area contributed by atoms with Gasteiger partial charge in [-0.3, -0.25) is 14.4 Å². The number of aromatic nitrogens is 1. The number of phenolic OH excluding ortho intramolecular Hbond substituents is 1. The number of nitrogens with zero attached hydrogens (tertiary/aromatic N) is 2. The minimum Gasteiger partial charge on any atom is -0.508 e. The van der Waals surface area contributed by atoms with Gasteiger partial charge in [0.15, 0.2) is 5.13 Å². The molecule has 2 fully saturated rings. The molecule has 1 atom stereocenters. The highest BCUT2D eigenvalue weighted by Gasteiger charge is 2.37. The zero-order chi connectivity index (χ0) is 24.6. The van der Waals surface area contributed by atoms with E-state index in [4.69, 9.17) is 0 Å². The number of benzene rings is 1. The summed E-state index contributed by atoms with van der Waals surface area (Å²) in [5, 5.41) is 18.0. The molecule has 1 heterocycles. The molecule has 0 unspecified atom stereocenters. The fourth-order valence-corrected chi connectivity index (χ4v) is 5.72. The Morgan fingerprint density at radius 3 is 2.34 bits per heavy atom. The van der Waals surface area contributed by atoms with Crippen LogP contribution in [-0.2, 0) is 14.4 Å². The van der Waals surface area contributed by atoms with Gasteiger partial charge in [-0.25, -0.2) is 4.98 Å². The lowest BCUT2D eigenvalue weighted by atomic mass is 9.91. The smallest absolute Gasteiger partial charge is 0.247 e. The van der Waals surface area contributed by atoms with E-state index in [1.165, 1.54) is 11.3 Å². The standard InChI is InChI=1S/C26H34N4O4S/c31-21-12-10-18(11-13-21)24(25(34)28-19-6-4-5-7-19)30(20-8-2-1-3-9-20)23(33)15-14-22(32)29-26-27-16-17-35-26/h10-13,16-17,19-20,24,31H,1-9,14-15H2,(H,28,34)(H,27,29,32)/t24-/m0/s1. The lowest BCUT2D eigenvalue weighted by Crippen LogP contribution is -2.50. The third kappa shape index (κ3) is 6.81. The Hall–Kier alpha value is -2.94. The normalized spacial score (nSPS) is 17.6. The number of aromatic hydroxyl groups is 1. The van der Waals surface area contributed by atoms with Gasteiger partial charge in [-0.2, -0.15) is 0 Å². The van der Waals surface area contributed by atoms with Crippen LogP contribution >= 0.6 is 11.3 Å². The van der Waals surface area contributed by atoms with Crippen molar-refractivity contribution >= 4 is 34.2 Å². The number of anilines is 1. The summed E-state index contributed by atoms with van der Waals surface area (Å²) in [4.78, 5) is 45.6. The first-order chi connectivity index (χ1) is 17.0. The van der Waals surface area contributed by atoms with E-state index in [1.54, 1.807) is 40.7 Å². The topological polar surface area (TPSA) is 112 Å². The summed E-state index contributed by atoms with van der Waals surface area (Å²) in [6.07, 6.45) is 10.5. The SMILES string of the molecule is O=C(CCC(=O)N(C1CCCCC1)[C@H](C(=O)NC1CCCC1)c1ccc(O)cc1)Nc1nccs1. The van der Waals surface area contributed by atoms with Gasteiger partial charge in [0.25, 0.3) is 0 Å². The Morgan fingerprint density at radius 1 is 1.00 bits per heavy atom. The maximum atomic E-state index is 13.7. The van der Waals surface area contributed by atoms with Crippen molar-refractivity contribution in [2.75, 3.05) is 5.32 Å². The summed E-state index contributed by atoms with van der Waals surface area (Å²) < 4.78 is 0. The first kappa shape index (κ1) is 25.2. The Morgan fingerprint density at radius 2 is 1.69 bits per heavy atom. The van der Waals surface area contributed by atoms with Crippen molar-refractivity contribution in [3.63, 3.8) is 0 Å². The summed E-state index contributed by atoms with van der Waals surface area (Å²) in [7, 11) is 0. The molecule has 3 N–H and O–H groups in total. The van der Waals surface area contributed by atoms with Gasteiger partial charge in [-0.15, -0.1) is 11.3 Å². The maximum Gasteiger partial charge on any atom is 0.247 e. The van der Waals surface area contributed by atoms with Crippen LogP contribution in [0.2, 0.25) is 0 Å². The van der Waals surface area contributed by atoms with Crippen LogP contribution in [0.1, 0.15) is 82.2 Å². The van der Waals surface area contributed by atoms with Crippen LogP contribution < -0.4 is 10.6 Å². The molecular formula is C26H34N4O4S. The Bertz CT molecular complexity index is 983. The van der Waals surface area contributed by atoms with Gasteiger partial charge in [0.1, 0.15) is 11.8 Å². The summed E-state index contributed by atoms with van der Waals surface area (Å²) in [5.41, 5.74) is 0.671. The Kier molecular flexibility index (Phi) is 8.74. The van der Waals surface area contributed by atoms with Crippen molar-refractivity contribution in [1.29, 1.82) is 0 Å². The van der Waals surface area contributed by atoms with E-state index in [9.17, 15) is 19.5 Å². The van der Waals surface area contributed by atoms with Gasteiger partial charge in [-0.05, 0) is 43.4 Å². The second-order valence-electron chi connectivity index (χ2n) is 9.46. The monoisotopic (exact) mass is 498 g/mol. The van der Waals surface area contributed by atoms with Crippen LogP contribution in [0.15, 0.2) is 35.8 Å². The molecule has 2 aliphatic rings. The van der Waals surface area contributed by atoms with Gasteiger partial charge >= 0.3 is 0 Å². The second-order valence-corrected chi connectivity index (χ2v) is 10.4. The molecule has 188 valence electrons. The third-order valence-electron chi connectivity index (χ3n) is 6.94. The van der Waals surface area contributed by atoms with Crippen molar-refractivity contribution in [3.05, 3.63) is 41.4 Å². The number of thiazole rings is 1. The number of hydrogen-bond acceptors (Lipinski definition) is 6. The molecule has 4 rings (SSSR count). The fourth-order valence-electron chi connectivity index (χ4n) is 5.18. The van der Waals surface area contributed by atoms with Crippen molar-refractivity contribution in [2.24, 2.45) is 0 Å². The molecular weight excluding hydrogens is 464 g/mol. The number of hydrogen-bond donors (Lipinski definition) is 3. The van der Waals surface area contributed by atoms with E-state index < -0.39 is 6.04 Å². The zero-order valence-corrected chi connectivity index (χ0v) is 20.8. The van der Waals surface area contributed by atoms with E-state index in [1.807, 2.05) is 0 Å².